The molecule has 0 radical (unpaired) electrons. The van der Waals surface area contributed by atoms with Crippen LogP contribution in [-0.2, 0) is 5.41 Å². The molecular weight excluding hydrogens is 955 g/mol. The van der Waals surface area contributed by atoms with E-state index in [9.17, 15) is 35.9 Å². The number of hydrogen-bond acceptors (Lipinski definition) is 6. The van der Waals surface area contributed by atoms with E-state index in [0.717, 1.165) is 71.6 Å². The third-order valence-corrected chi connectivity index (χ3v) is 13.2. The summed E-state index contributed by atoms with van der Waals surface area (Å²) in [5.41, 5.74) is -0.176. The van der Waals surface area contributed by atoms with Gasteiger partial charge >= 0.3 is 12.4 Å². The van der Waals surface area contributed by atoms with Crippen molar-refractivity contribution in [2.24, 2.45) is 0 Å². The minimum atomic E-state index is -5.75. The lowest BCUT2D eigenvalue weighted by Gasteiger charge is -2.38. The SMILES string of the molecule is CCC(c1ccc(C(=O)c2ccc(Oc3ccc(C(c4ccc(OC)cc4)(C(F)(F)F)C(F)(F)F)cc3)cc2)cc1)C(C)Oc1ccc(-c2ccc(Oc3ccc(C(=O)c4ccc(C(C)C)cc4)cc3)cc2)cc1. The van der Waals surface area contributed by atoms with Crippen LogP contribution in [0.3, 0.4) is 0 Å². The summed E-state index contributed by atoms with van der Waals surface area (Å²) in [6, 6.07) is 51.0. The molecule has 0 fully saturated rings. The zero-order chi connectivity index (χ0) is 52.8. The highest BCUT2D eigenvalue weighted by Gasteiger charge is 2.72. The summed E-state index contributed by atoms with van der Waals surface area (Å²) in [5.74, 6) is 2.40. The second-order valence-electron chi connectivity index (χ2n) is 18.2. The molecule has 0 aliphatic heterocycles. The van der Waals surface area contributed by atoms with Crippen molar-refractivity contribution < 1.29 is 54.9 Å². The molecule has 8 rings (SSSR count). The second kappa shape index (κ2) is 21.9. The van der Waals surface area contributed by atoms with Crippen molar-refractivity contribution in [3.05, 3.63) is 239 Å². The van der Waals surface area contributed by atoms with Crippen molar-refractivity contribution in [1.82, 2.24) is 0 Å². The number of ether oxygens (including phenoxy) is 4. The summed E-state index contributed by atoms with van der Waals surface area (Å²) in [7, 11) is 1.25. The summed E-state index contributed by atoms with van der Waals surface area (Å²) in [5, 5.41) is 0. The maximum Gasteiger partial charge on any atom is 0.411 e. The van der Waals surface area contributed by atoms with Gasteiger partial charge in [-0.25, -0.2) is 0 Å². The third-order valence-electron chi connectivity index (χ3n) is 13.2. The number of benzene rings is 8. The minimum Gasteiger partial charge on any atom is -0.497 e. The van der Waals surface area contributed by atoms with Gasteiger partial charge < -0.3 is 18.9 Å². The summed E-state index contributed by atoms with van der Waals surface area (Å²) in [6.45, 7) is 8.32. The van der Waals surface area contributed by atoms with Crippen LogP contribution in [-0.4, -0.2) is 37.1 Å². The molecule has 0 saturated heterocycles. The first-order chi connectivity index (χ1) is 35.4. The summed E-state index contributed by atoms with van der Waals surface area (Å²) < 4.78 is 111. The molecule has 0 aromatic heterocycles. The van der Waals surface area contributed by atoms with Crippen molar-refractivity contribution in [3.8, 4) is 45.6 Å². The predicted molar refractivity (Wildman–Crippen MR) is 274 cm³/mol. The number of alkyl halides is 6. The standard InChI is InChI=1S/C62H52F6O6/c1-6-57(40(4)72-52-27-15-42(16-28-52)43-17-29-53(30-18-43)73-54-31-19-47(20-32-54)58(69)45-11-7-41(8-12-45)39(2)3)44-9-13-46(14-10-44)59(70)48-21-33-55(34-22-48)74-56-37-25-50(26-38-56)60(61(63,64)65,62(66,67)68)49-23-35-51(71-5)36-24-49/h7-40,57H,6H2,1-5H3. The fourth-order valence-corrected chi connectivity index (χ4v) is 9.03. The van der Waals surface area contributed by atoms with Gasteiger partial charge in [0.15, 0.2) is 11.6 Å². The third kappa shape index (κ3) is 11.2. The van der Waals surface area contributed by atoms with Crippen molar-refractivity contribution in [1.29, 1.82) is 0 Å². The molecule has 12 heteroatoms. The van der Waals surface area contributed by atoms with E-state index >= 15 is 0 Å². The van der Waals surface area contributed by atoms with Crippen LogP contribution in [0.1, 0.15) is 100 Å². The van der Waals surface area contributed by atoms with Crippen LogP contribution in [0, 0.1) is 0 Å². The van der Waals surface area contributed by atoms with E-state index in [-0.39, 0.29) is 40.8 Å². The first kappa shape index (κ1) is 52.2. The van der Waals surface area contributed by atoms with Gasteiger partial charge in [-0.1, -0.05) is 118 Å². The lowest BCUT2D eigenvalue weighted by atomic mass is 9.73. The number of hydrogen-bond donors (Lipinski definition) is 0. The van der Waals surface area contributed by atoms with Gasteiger partial charge in [-0.2, -0.15) is 26.3 Å². The zero-order valence-corrected chi connectivity index (χ0v) is 41.1. The highest BCUT2D eigenvalue weighted by Crippen LogP contribution is 2.56. The van der Waals surface area contributed by atoms with Crippen LogP contribution in [0.25, 0.3) is 11.1 Å². The Morgan fingerprint density at radius 1 is 0.419 bits per heavy atom. The van der Waals surface area contributed by atoms with Gasteiger partial charge in [-0.3, -0.25) is 9.59 Å². The number of halogens is 6. The molecule has 2 atom stereocenters. The average Bonchev–Trinajstić information content (AvgIpc) is 3.39. The molecular formula is C62H52F6O6. The monoisotopic (exact) mass is 1010 g/mol. The van der Waals surface area contributed by atoms with E-state index in [2.05, 4.69) is 20.8 Å². The first-order valence-electron chi connectivity index (χ1n) is 24.0. The van der Waals surface area contributed by atoms with Gasteiger partial charge in [0, 0.05) is 28.2 Å². The molecule has 8 aromatic rings. The molecule has 6 nitrogen and oxygen atoms in total. The van der Waals surface area contributed by atoms with Crippen molar-refractivity contribution >= 4 is 11.6 Å². The van der Waals surface area contributed by atoms with E-state index < -0.39 is 28.9 Å². The fourth-order valence-electron chi connectivity index (χ4n) is 9.03. The number of methoxy groups -OCH3 is 1. The van der Waals surface area contributed by atoms with E-state index in [1.54, 1.807) is 36.4 Å². The Morgan fingerprint density at radius 2 is 0.730 bits per heavy atom. The lowest BCUT2D eigenvalue weighted by Crippen LogP contribution is -2.54. The van der Waals surface area contributed by atoms with Crippen molar-refractivity contribution in [2.45, 2.75) is 69.8 Å². The molecule has 0 amide bonds. The van der Waals surface area contributed by atoms with Crippen molar-refractivity contribution in [2.75, 3.05) is 7.11 Å². The maximum atomic E-state index is 14.6. The van der Waals surface area contributed by atoms with E-state index in [4.69, 9.17) is 18.9 Å². The Bertz CT molecular complexity index is 3130. The van der Waals surface area contributed by atoms with Gasteiger partial charge in [-0.15, -0.1) is 0 Å². The summed E-state index contributed by atoms with van der Waals surface area (Å²) in [6.07, 6.45) is -10.9. The topological polar surface area (TPSA) is 71.1 Å². The Balaban J connectivity index is 0.845. The van der Waals surface area contributed by atoms with Gasteiger partial charge in [0.25, 0.3) is 0 Å². The summed E-state index contributed by atoms with van der Waals surface area (Å²) >= 11 is 0. The normalized spacial score (nSPS) is 12.7. The van der Waals surface area contributed by atoms with E-state index in [0.29, 0.717) is 45.4 Å². The zero-order valence-electron chi connectivity index (χ0n) is 41.1. The van der Waals surface area contributed by atoms with Crippen molar-refractivity contribution in [3.63, 3.8) is 0 Å². The molecule has 0 aliphatic rings. The molecule has 0 bridgehead atoms. The maximum absolute atomic E-state index is 14.6. The number of rotatable bonds is 18. The second-order valence-corrected chi connectivity index (χ2v) is 18.2. The molecule has 2 unspecified atom stereocenters. The number of carbonyl (C=O) groups is 2. The first-order valence-corrected chi connectivity index (χ1v) is 24.0. The Labute approximate surface area is 426 Å². The molecule has 0 aliphatic carbocycles. The summed E-state index contributed by atoms with van der Waals surface area (Å²) in [4.78, 5) is 26.6. The van der Waals surface area contributed by atoms with Crippen LogP contribution in [0.2, 0.25) is 0 Å². The molecule has 0 spiro atoms. The molecule has 0 N–H and O–H groups in total. The number of ketones is 2. The van der Waals surface area contributed by atoms with Crippen LogP contribution in [0.4, 0.5) is 26.3 Å². The highest BCUT2D eigenvalue weighted by atomic mass is 19.4. The molecule has 8 aromatic carbocycles. The van der Waals surface area contributed by atoms with E-state index in [1.807, 2.05) is 91.9 Å². The largest absolute Gasteiger partial charge is 0.497 e. The quantitative estimate of drug-likeness (QED) is 0.0630. The average molecular weight is 1010 g/mol. The van der Waals surface area contributed by atoms with Gasteiger partial charge in [-0.05, 0) is 150 Å². The fraction of sp³-hybridized carbons (Fsp3) is 0.194. The molecule has 74 heavy (non-hydrogen) atoms. The van der Waals surface area contributed by atoms with Gasteiger partial charge in [0.1, 0.15) is 40.6 Å². The minimum absolute atomic E-state index is 0.00891. The molecule has 0 heterocycles. The Hall–Kier alpha value is -8.12. The van der Waals surface area contributed by atoms with Crippen LogP contribution in [0.5, 0.6) is 34.5 Å². The Morgan fingerprint density at radius 3 is 1.07 bits per heavy atom. The van der Waals surface area contributed by atoms with Crippen LogP contribution >= 0.6 is 0 Å². The lowest BCUT2D eigenvalue weighted by molar-refractivity contribution is -0.288. The predicted octanol–water partition coefficient (Wildman–Crippen LogP) is 16.9. The van der Waals surface area contributed by atoms with Gasteiger partial charge in [0.05, 0.1) is 7.11 Å². The molecule has 0 saturated carbocycles. The number of carbonyl (C=O) groups excluding carboxylic acids is 2. The van der Waals surface area contributed by atoms with E-state index in [1.165, 1.54) is 36.9 Å². The van der Waals surface area contributed by atoms with Gasteiger partial charge in [0.2, 0.25) is 5.41 Å². The molecule has 378 valence electrons. The highest BCUT2D eigenvalue weighted by molar-refractivity contribution is 6.09. The smallest absolute Gasteiger partial charge is 0.411 e. The Kier molecular flexibility index (Phi) is 15.5. The van der Waals surface area contributed by atoms with Crippen LogP contribution < -0.4 is 18.9 Å². The van der Waals surface area contributed by atoms with Crippen LogP contribution in [0.15, 0.2) is 194 Å².